The molecule has 1 aromatic carbocycles. The van der Waals surface area contributed by atoms with Gasteiger partial charge in [-0.3, -0.25) is 0 Å². The topological polar surface area (TPSA) is 72.8 Å². The van der Waals surface area contributed by atoms with Crippen molar-refractivity contribution in [1.82, 2.24) is 0 Å². The van der Waals surface area contributed by atoms with Crippen molar-refractivity contribution in [3.05, 3.63) is 35.4 Å². The van der Waals surface area contributed by atoms with Crippen molar-refractivity contribution in [3.8, 4) is 0 Å². The third kappa shape index (κ3) is 5.15. The summed E-state index contributed by atoms with van der Waals surface area (Å²) in [5.74, 6) is -1.02. The number of ether oxygens (including phenoxy) is 2. The summed E-state index contributed by atoms with van der Waals surface area (Å²) in [6, 6.07) is 6.40. The molecule has 0 saturated carbocycles. The third-order valence-corrected chi connectivity index (χ3v) is 3.66. The maximum absolute atomic E-state index is 12.2. The van der Waals surface area contributed by atoms with Crippen LogP contribution in [0.1, 0.15) is 53.8 Å². The Morgan fingerprint density at radius 2 is 1.68 bits per heavy atom. The highest BCUT2D eigenvalue weighted by atomic mass is 16.5. The van der Waals surface area contributed by atoms with E-state index in [0.717, 1.165) is 6.42 Å². The van der Waals surface area contributed by atoms with Crippen LogP contribution < -0.4 is 0 Å². The lowest BCUT2D eigenvalue weighted by Gasteiger charge is -2.18. The van der Waals surface area contributed by atoms with Crippen molar-refractivity contribution in [1.29, 1.82) is 0 Å². The summed E-state index contributed by atoms with van der Waals surface area (Å²) in [4.78, 5) is 23.8. The zero-order valence-corrected chi connectivity index (χ0v) is 13.4. The Labute approximate surface area is 131 Å². The smallest absolute Gasteiger partial charge is 0.339 e. The zero-order chi connectivity index (χ0) is 16.5. The second kappa shape index (κ2) is 9.20. The van der Waals surface area contributed by atoms with Gasteiger partial charge >= 0.3 is 11.9 Å². The molecule has 0 heterocycles. The molecule has 122 valence electrons. The number of carbonyl (C=O) groups excluding carboxylic acids is 2. The molecule has 1 N–H and O–H groups in total. The van der Waals surface area contributed by atoms with Crippen molar-refractivity contribution in [2.45, 2.75) is 39.2 Å². The molecule has 0 bridgehead atoms. The van der Waals surface area contributed by atoms with Gasteiger partial charge in [-0.1, -0.05) is 26.0 Å². The highest BCUT2D eigenvalue weighted by Crippen LogP contribution is 2.16. The van der Waals surface area contributed by atoms with Gasteiger partial charge in [-0.15, -0.1) is 0 Å². The van der Waals surface area contributed by atoms with E-state index in [9.17, 15) is 14.7 Å². The quantitative estimate of drug-likeness (QED) is 0.748. The molecule has 0 radical (unpaired) electrons. The molecule has 0 fully saturated rings. The molecule has 0 aliphatic carbocycles. The maximum Gasteiger partial charge on any atom is 0.339 e. The van der Waals surface area contributed by atoms with Crippen LogP contribution in [0.15, 0.2) is 24.3 Å². The van der Waals surface area contributed by atoms with Crippen molar-refractivity contribution >= 4 is 11.9 Å². The van der Waals surface area contributed by atoms with E-state index in [2.05, 4.69) is 4.74 Å². The third-order valence-electron chi connectivity index (χ3n) is 3.66. The van der Waals surface area contributed by atoms with E-state index in [0.29, 0.717) is 12.8 Å². The fraction of sp³-hybridized carbons (Fsp3) is 0.529. The first-order chi connectivity index (χ1) is 10.5. The number of hydrogen-bond donors (Lipinski definition) is 1. The summed E-state index contributed by atoms with van der Waals surface area (Å²) < 4.78 is 9.97. The lowest BCUT2D eigenvalue weighted by Crippen LogP contribution is -2.20. The first kappa shape index (κ1) is 18.2. The molecule has 0 aromatic heterocycles. The Balaban J connectivity index is 2.71. The number of benzene rings is 1. The van der Waals surface area contributed by atoms with Crippen molar-refractivity contribution < 1.29 is 24.2 Å². The van der Waals surface area contributed by atoms with Gasteiger partial charge in [0.05, 0.1) is 30.9 Å². The molecule has 22 heavy (non-hydrogen) atoms. The largest absolute Gasteiger partial charge is 0.465 e. The average Bonchev–Trinajstić information content (AvgIpc) is 2.57. The van der Waals surface area contributed by atoms with Crippen LogP contribution in [0.5, 0.6) is 0 Å². The molecule has 1 rings (SSSR count). The molecule has 5 heteroatoms. The van der Waals surface area contributed by atoms with Crippen LogP contribution in [0, 0.1) is 5.92 Å². The zero-order valence-electron chi connectivity index (χ0n) is 13.4. The van der Waals surface area contributed by atoms with Gasteiger partial charge in [0.1, 0.15) is 0 Å². The van der Waals surface area contributed by atoms with Crippen LogP contribution in [-0.4, -0.2) is 36.9 Å². The monoisotopic (exact) mass is 308 g/mol. The number of carbonyl (C=O) groups is 2. The maximum atomic E-state index is 12.2. The minimum Gasteiger partial charge on any atom is -0.465 e. The van der Waals surface area contributed by atoms with Gasteiger partial charge < -0.3 is 14.6 Å². The van der Waals surface area contributed by atoms with Gasteiger partial charge in [-0.05, 0) is 37.3 Å². The molecule has 0 saturated heterocycles. The fourth-order valence-electron chi connectivity index (χ4n) is 2.12. The summed E-state index contributed by atoms with van der Waals surface area (Å²) in [5.41, 5.74) is 0.386. The van der Waals surface area contributed by atoms with Crippen molar-refractivity contribution in [3.63, 3.8) is 0 Å². The Morgan fingerprint density at radius 3 is 2.18 bits per heavy atom. The van der Waals surface area contributed by atoms with Crippen molar-refractivity contribution in [2.75, 3.05) is 13.7 Å². The number of hydrogen-bond acceptors (Lipinski definition) is 5. The standard InChI is InChI=1S/C17H24O5/c1-4-12(10-13(18)5-2)11-22-17(20)15-9-7-6-8-14(15)16(19)21-3/h6-9,12-13,18H,4-5,10-11H2,1-3H3. The molecule has 1 aromatic rings. The Morgan fingerprint density at radius 1 is 1.09 bits per heavy atom. The number of methoxy groups -OCH3 is 1. The molecule has 2 atom stereocenters. The molecular formula is C17H24O5. The normalized spacial score (nSPS) is 13.3. The highest BCUT2D eigenvalue weighted by Gasteiger charge is 2.20. The Kier molecular flexibility index (Phi) is 7.60. The number of rotatable bonds is 8. The molecular weight excluding hydrogens is 284 g/mol. The van der Waals surface area contributed by atoms with Crippen molar-refractivity contribution in [2.24, 2.45) is 5.92 Å². The predicted molar refractivity (Wildman–Crippen MR) is 82.8 cm³/mol. The van der Waals surface area contributed by atoms with Crippen LogP contribution in [0.2, 0.25) is 0 Å². The highest BCUT2D eigenvalue weighted by molar-refractivity contribution is 6.03. The van der Waals surface area contributed by atoms with Crippen LogP contribution >= 0.6 is 0 Å². The fourth-order valence-corrected chi connectivity index (χ4v) is 2.12. The minimum absolute atomic E-state index is 0.101. The summed E-state index contributed by atoms with van der Waals surface area (Å²) in [7, 11) is 1.27. The van der Waals surface area contributed by atoms with E-state index in [1.54, 1.807) is 12.1 Å². The molecule has 5 nitrogen and oxygen atoms in total. The van der Waals surface area contributed by atoms with E-state index < -0.39 is 11.9 Å². The first-order valence-corrected chi connectivity index (χ1v) is 7.55. The van der Waals surface area contributed by atoms with Gasteiger partial charge in [-0.2, -0.15) is 0 Å². The van der Waals surface area contributed by atoms with E-state index in [4.69, 9.17) is 4.74 Å². The van der Waals surface area contributed by atoms with Crippen LogP contribution in [0.25, 0.3) is 0 Å². The van der Waals surface area contributed by atoms with E-state index in [1.807, 2.05) is 13.8 Å². The number of aliphatic hydroxyl groups is 1. The molecule has 0 aliphatic rings. The molecule has 0 spiro atoms. The van der Waals surface area contributed by atoms with Gasteiger partial charge in [0, 0.05) is 0 Å². The van der Waals surface area contributed by atoms with Crippen LogP contribution in [0.3, 0.4) is 0 Å². The van der Waals surface area contributed by atoms with Gasteiger partial charge in [0.15, 0.2) is 0 Å². The minimum atomic E-state index is -0.569. The number of aliphatic hydroxyl groups excluding tert-OH is 1. The number of esters is 2. The van der Waals surface area contributed by atoms with E-state index in [-0.39, 0.29) is 29.8 Å². The molecule has 2 unspecified atom stereocenters. The lowest BCUT2D eigenvalue weighted by atomic mass is 9.98. The summed E-state index contributed by atoms with van der Waals surface area (Å²) >= 11 is 0. The Bertz CT molecular complexity index is 498. The SMILES string of the molecule is CCC(O)CC(CC)COC(=O)c1ccccc1C(=O)OC. The second-order valence-electron chi connectivity index (χ2n) is 5.21. The van der Waals surface area contributed by atoms with Gasteiger partial charge in [-0.25, -0.2) is 9.59 Å². The summed E-state index contributed by atoms with van der Waals surface area (Å²) in [6.07, 6.45) is 1.70. The van der Waals surface area contributed by atoms with Crippen LogP contribution in [0.4, 0.5) is 0 Å². The van der Waals surface area contributed by atoms with Gasteiger partial charge in [0.25, 0.3) is 0 Å². The molecule has 0 aliphatic heterocycles. The van der Waals surface area contributed by atoms with E-state index in [1.165, 1.54) is 19.2 Å². The lowest BCUT2D eigenvalue weighted by molar-refractivity contribution is 0.0364. The summed E-state index contributed by atoms with van der Waals surface area (Å²) in [6.45, 7) is 4.13. The second-order valence-corrected chi connectivity index (χ2v) is 5.21. The van der Waals surface area contributed by atoms with Gasteiger partial charge in [0.2, 0.25) is 0 Å². The molecule has 0 amide bonds. The summed E-state index contributed by atoms with van der Waals surface area (Å²) in [5, 5.41) is 9.69. The Hall–Kier alpha value is -1.88. The first-order valence-electron chi connectivity index (χ1n) is 7.55. The average molecular weight is 308 g/mol. The van der Waals surface area contributed by atoms with E-state index >= 15 is 0 Å². The van der Waals surface area contributed by atoms with Crippen LogP contribution in [-0.2, 0) is 9.47 Å². The predicted octanol–water partition coefficient (Wildman–Crippen LogP) is 2.82.